The summed E-state index contributed by atoms with van der Waals surface area (Å²) < 4.78 is 34.1. The Kier molecular flexibility index (Phi) is 9.61. The molecule has 0 unspecified atom stereocenters. The number of rotatable bonds is 8. The van der Waals surface area contributed by atoms with Crippen LogP contribution in [0.4, 0.5) is 8.78 Å². The Labute approximate surface area is 158 Å². The van der Waals surface area contributed by atoms with Crippen LogP contribution >= 0.6 is 12.4 Å². The Morgan fingerprint density at radius 2 is 2.19 bits per heavy atom. The molecule has 0 aromatic heterocycles. The van der Waals surface area contributed by atoms with E-state index in [1.54, 1.807) is 12.1 Å². The van der Waals surface area contributed by atoms with Gasteiger partial charge in [-0.25, -0.2) is 0 Å². The van der Waals surface area contributed by atoms with Crippen molar-refractivity contribution in [1.82, 2.24) is 15.5 Å². The molecular weight excluding hydrogens is 368 g/mol. The van der Waals surface area contributed by atoms with Gasteiger partial charge >= 0.3 is 6.61 Å². The standard InChI is InChI=1S/C17H25F2N3O3.ClH/c1-12-10-20-7-8-22(12)11-16(23)21-6-5-13-3-4-14(25-17(18)19)15(9-13)24-2;/h3-4,9,12,17,20H,5-8,10-11H2,1-2H3,(H,21,23);1H/t12-;/m0./s1. The normalized spacial score (nSPS) is 17.5. The molecule has 0 bridgehead atoms. The zero-order valence-electron chi connectivity index (χ0n) is 15.0. The first kappa shape index (κ1) is 22.4. The second-order valence-corrected chi connectivity index (χ2v) is 5.99. The molecule has 1 aliphatic rings. The number of nitrogens with zero attached hydrogens (tertiary/aromatic N) is 1. The van der Waals surface area contributed by atoms with Crippen molar-refractivity contribution in [2.24, 2.45) is 0 Å². The molecule has 2 rings (SSSR count). The van der Waals surface area contributed by atoms with E-state index in [9.17, 15) is 13.6 Å². The van der Waals surface area contributed by atoms with E-state index >= 15 is 0 Å². The number of nitrogens with one attached hydrogen (secondary N) is 2. The van der Waals surface area contributed by atoms with E-state index < -0.39 is 6.61 Å². The topological polar surface area (TPSA) is 62.8 Å². The smallest absolute Gasteiger partial charge is 0.387 e. The van der Waals surface area contributed by atoms with Gasteiger partial charge in [0.25, 0.3) is 0 Å². The van der Waals surface area contributed by atoms with Crippen LogP contribution in [-0.2, 0) is 11.2 Å². The molecule has 9 heteroatoms. The van der Waals surface area contributed by atoms with Crippen LogP contribution in [0.15, 0.2) is 18.2 Å². The molecule has 1 heterocycles. The number of carbonyl (C=O) groups excluding carboxylic acids is 1. The average Bonchev–Trinajstić information content (AvgIpc) is 2.57. The first-order valence-corrected chi connectivity index (χ1v) is 8.32. The lowest BCUT2D eigenvalue weighted by molar-refractivity contribution is -0.122. The van der Waals surface area contributed by atoms with Crippen molar-refractivity contribution >= 4 is 18.3 Å². The minimum atomic E-state index is -2.90. The third kappa shape index (κ3) is 6.93. The van der Waals surface area contributed by atoms with Gasteiger partial charge in [-0.2, -0.15) is 8.78 Å². The zero-order chi connectivity index (χ0) is 18.2. The summed E-state index contributed by atoms with van der Waals surface area (Å²) >= 11 is 0. The number of hydrogen-bond donors (Lipinski definition) is 2. The summed E-state index contributed by atoms with van der Waals surface area (Å²) in [6.45, 7) is 2.69. The van der Waals surface area contributed by atoms with Crippen molar-refractivity contribution < 1.29 is 23.0 Å². The summed E-state index contributed by atoms with van der Waals surface area (Å²) in [5.74, 6) is 0.232. The van der Waals surface area contributed by atoms with Crippen LogP contribution in [0, 0.1) is 0 Å². The van der Waals surface area contributed by atoms with Gasteiger partial charge < -0.3 is 20.1 Å². The van der Waals surface area contributed by atoms with E-state index in [1.807, 2.05) is 0 Å². The van der Waals surface area contributed by atoms with Gasteiger partial charge in [-0.3, -0.25) is 9.69 Å². The van der Waals surface area contributed by atoms with Gasteiger partial charge in [0.05, 0.1) is 13.7 Å². The van der Waals surface area contributed by atoms with Gasteiger partial charge in [0.1, 0.15) is 0 Å². The van der Waals surface area contributed by atoms with Crippen molar-refractivity contribution in [3.63, 3.8) is 0 Å². The molecule has 1 amide bonds. The molecule has 1 aromatic rings. The van der Waals surface area contributed by atoms with Crippen molar-refractivity contribution in [2.45, 2.75) is 26.0 Å². The molecule has 6 nitrogen and oxygen atoms in total. The molecule has 2 N–H and O–H groups in total. The van der Waals surface area contributed by atoms with E-state index in [0.717, 1.165) is 25.2 Å². The fourth-order valence-electron chi connectivity index (χ4n) is 2.77. The van der Waals surface area contributed by atoms with Gasteiger partial charge in [0.15, 0.2) is 11.5 Å². The van der Waals surface area contributed by atoms with Gasteiger partial charge in [-0.05, 0) is 31.0 Å². The van der Waals surface area contributed by atoms with Crippen molar-refractivity contribution in [3.8, 4) is 11.5 Å². The average molecular weight is 394 g/mol. The van der Waals surface area contributed by atoms with E-state index in [-0.39, 0.29) is 29.8 Å². The third-order valence-electron chi connectivity index (χ3n) is 4.17. The second-order valence-electron chi connectivity index (χ2n) is 5.99. The van der Waals surface area contributed by atoms with E-state index in [1.165, 1.54) is 13.2 Å². The maximum absolute atomic E-state index is 12.3. The van der Waals surface area contributed by atoms with E-state index in [0.29, 0.717) is 25.6 Å². The number of amides is 1. The fourth-order valence-corrected chi connectivity index (χ4v) is 2.77. The molecule has 0 radical (unpaired) electrons. The molecule has 1 aromatic carbocycles. The molecule has 1 aliphatic heterocycles. The fraction of sp³-hybridized carbons (Fsp3) is 0.588. The van der Waals surface area contributed by atoms with Crippen LogP contribution in [0.25, 0.3) is 0 Å². The predicted molar refractivity (Wildman–Crippen MR) is 97.5 cm³/mol. The summed E-state index contributed by atoms with van der Waals surface area (Å²) in [5, 5.41) is 6.18. The SMILES string of the molecule is COc1cc(CCNC(=O)CN2CCNC[C@@H]2C)ccc1OC(F)F.Cl. The third-order valence-corrected chi connectivity index (χ3v) is 4.17. The maximum atomic E-state index is 12.3. The molecule has 0 saturated carbocycles. The molecule has 1 fully saturated rings. The summed E-state index contributed by atoms with van der Waals surface area (Å²) in [6.07, 6.45) is 0.578. The molecule has 1 atom stereocenters. The molecule has 0 aliphatic carbocycles. The first-order chi connectivity index (χ1) is 12.0. The summed E-state index contributed by atoms with van der Waals surface area (Å²) in [7, 11) is 1.40. The highest BCUT2D eigenvalue weighted by molar-refractivity contribution is 5.85. The highest BCUT2D eigenvalue weighted by atomic mass is 35.5. The minimum absolute atomic E-state index is 0. The highest BCUT2D eigenvalue weighted by Crippen LogP contribution is 2.29. The van der Waals surface area contributed by atoms with Crippen molar-refractivity contribution in [1.29, 1.82) is 0 Å². The quantitative estimate of drug-likeness (QED) is 0.703. The Morgan fingerprint density at radius 1 is 1.42 bits per heavy atom. The summed E-state index contributed by atoms with van der Waals surface area (Å²) in [4.78, 5) is 14.2. The van der Waals surface area contributed by atoms with Crippen LogP contribution in [0.5, 0.6) is 11.5 Å². The van der Waals surface area contributed by atoms with Crippen LogP contribution < -0.4 is 20.1 Å². The number of methoxy groups -OCH3 is 1. The number of ether oxygens (including phenoxy) is 2. The number of carbonyl (C=O) groups is 1. The molecule has 1 saturated heterocycles. The zero-order valence-corrected chi connectivity index (χ0v) is 15.8. The molecule has 148 valence electrons. The van der Waals surface area contributed by atoms with Crippen LogP contribution in [-0.4, -0.2) is 63.3 Å². The first-order valence-electron chi connectivity index (χ1n) is 8.32. The van der Waals surface area contributed by atoms with E-state index in [2.05, 4.69) is 27.2 Å². The lowest BCUT2D eigenvalue weighted by Crippen LogP contribution is -2.52. The lowest BCUT2D eigenvalue weighted by Gasteiger charge is -2.33. The molecular formula is C17H26ClF2N3O3. The number of halogens is 3. The number of alkyl halides is 2. The Hall–Kier alpha value is -1.64. The van der Waals surface area contributed by atoms with Crippen LogP contribution in [0.2, 0.25) is 0 Å². The largest absolute Gasteiger partial charge is 0.493 e. The van der Waals surface area contributed by atoms with E-state index in [4.69, 9.17) is 4.74 Å². The summed E-state index contributed by atoms with van der Waals surface area (Å²) in [5.41, 5.74) is 0.870. The Bertz CT molecular complexity index is 578. The van der Waals surface area contributed by atoms with Crippen LogP contribution in [0.3, 0.4) is 0 Å². The number of piperazine rings is 1. The van der Waals surface area contributed by atoms with Crippen molar-refractivity contribution in [3.05, 3.63) is 23.8 Å². The minimum Gasteiger partial charge on any atom is -0.493 e. The van der Waals surface area contributed by atoms with Gasteiger partial charge in [0.2, 0.25) is 5.91 Å². The second kappa shape index (κ2) is 11.2. The predicted octanol–water partition coefficient (Wildman–Crippen LogP) is 1.67. The molecule has 0 spiro atoms. The maximum Gasteiger partial charge on any atom is 0.387 e. The lowest BCUT2D eigenvalue weighted by atomic mass is 10.1. The monoisotopic (exact) mass is 393 g/mol. The Balaban J connectivity index is 0.00000338. The Morgan fingerprint density at radius 3 is 2.85 bits per heavy atom. The van der Waals surface area contributed by atoms with Gasteiger partial charge in [-0.15, -0.1) is 12.4 Å². The number of benzene rings is 1. The number of hydrogen-bond acceptors (Lipinski definition) is 5. The van der Waals surface area contributed by atoms with Gasteiger partial charge in [0, 0.05) is 32.2 Å². The van der Waals surface area contributed by atoms with Crippen LogP contribution in [0.1, 0.15) is 12.5 Å². The van der Waals surface area contributed by atoms with Crippen molar-refractivity contribution in [2.75, 3.05) is 39.8 Å². The molecule has 26 heavy (non-hydrogen) atoms. The highest BCUT2D eigenvalue weighted by Gasteiger charge is 2.20. The van der Waals surface area contributed by atoms with Gasteiger partial charge in [-0.1, -0.05) is 6.07 Å². The summed E-state index contributed by atoms with van der Waals surface area (Å²) in [6, 6.07) is 5.11.